The number of benzene rings is 7. The van der Waals surface area contributed by atoms with Crippen molar-refractivity contribution in [1.29, 1.82) is 0 Å². The highest BCUT2D eigenvalue weighted by molar-refractivity contribution is 5.91. The van der Waals surface area contributed by atoms with E-state index in [9.17, 15) is 0 Å². The van der Waals surface area contributed by atoms with Crippen molar-refractivity contribution in [2.45, 2.75) is 25.3 Å². The van der Waals surface area contributed by atoms with Crippen LogP contribution in [0.2, 0.25) is 0 Å². The van der Waals surface area contributed by atoms with Gasteiger partial charge in [-0.3, -0.25) is 0 Å². The second kappa shape index (κ2) is 15.5. The predicted octanol–water partition coefficient (Wildman–Crippen LogP) is 11.2. The summed E-state index contributed by atoms with van der Waals surface area (Å²) in [5.74, 6) is 0.386. The third-order valence-electron chi connectivity index (χ3n) is 12.8. The lowest BCUT2D eigenvalue weighted by Gasteiger charge is -2.39. The Morgan fingerprint density at radius 1 is 0.467 bits per heavy atom. The second-order valence-corrected chi connectivity index (χ2v) is 16.3. The minimum atomic E-state index is 0.166. The van der Waals surface area contributed by atoms with Gasteiger partial charge in [-0.05, 0) is 134 Å². The van der Waals surface area contributed by atoms with Crippen LogP contribution in [0.5, 0.6) is 0 Å². The van der Waals surface area contributed by atoms with Crippen LogP contribution in [0.15, 0.2) is 224 Å². The molecule has 4 aliphatic carbocycles. The maximum absolute atomic E-state index is 2.57. The van der Waals surface area contributed by atoms with Crippen LogP contribution in [0.4, 0.5) is 22.7 Å². The molecule has 0 aromatic heterocycles. The summed E-state index contributed by atoms with van der Waals surface area (Å²) in [7, 11) is 0. The van der Waals surface area contributed by atoms with E-state index in [1.165, 1.54) is 65.3 Å². The van der Waals surface area contributed by atoms with Crippen molar-refractivity contribution in [2.75, 3.05) is 9.80 Å². The van der Waals surface area contributed by atoms with E-state index < -0.39 is 0 Å². The standard InChI is InChI=1S/C58H46N2/c1-5-21-47(22-6-1)59(48-23-7-2-8-24-48)51-33-35-53-55(39-51)57(45-31-29-41-17-13-15-19-43(41)37-45)54-36-34-52(60(49-25-9-3-10-26-49)50-27-11-4-12-28-50)40-56(54)58(53)46-32-30-42-18-14-16-20-44(42)38-46/h1-27,29-31,33-35,37-40,46,50,54H,28,32,36H2. The Labute approximate surface area is 352 Å². The molecule has 288 valence electrons. The third kappa shape index (κ3) is 6.55. The topological polar surface area (TPSA) is 6.48 Å². The molecule has 60 heavy (non-hydrogen) atoms. The average molecular weight is 771 g/mol. The molecule has 3 unspecified atom stereocenters. The van der Waals surface area contributed by atoms with Gasteiger partial charge in [-0.2, -0.15) is 0 Å². The lowest BCUT2D eigenvalue weighted by atomic mass is 9.69. The molecule has 3 atom stereocenters. The maximum atomic E-state index is 2.57. The lowest BCUT2D eigenvalue weighted by Crippen LogP contribution is -2.42. The summed E-state index contributed by atoms with van der Waals surface area (Å²) in [6.45, 7) is 0. The molecule has 0 fully saturated rings. The molecule has 7 aromatic rings. The van der Waals surface area contributed by atoms with Crippen LogP contribution in [0.3, 0.4) is 0 Å². The van der Waals surface area contributed by atoms with Crippen LogP contribution >= 0.6 is 0 Å². The molecule has 0 saturated carbocycles. The molecule has 0 radical (unpaired) electrons. The molecule has 2 heteroatoms. The van der Waals surface area contributed by atoms with Crippen molar-refractivity contribution in [3.63, 3.8) is 0 Å². The van der Waals surface area contributed by atoms with Gasteiger partial charge in [0.05, 0.1) is 6.04 Å². The van der Waals surface area contributed by atoms with E-state index in [-0.39, 0.29) is 17.9 Å². The van der Waals surface area contributed by atoms with Crippen molar-refractivity contribution in [2.24, 2.45) is 11.8 Å². The van der Waals surface area contributed by atoms with E-state index in [0.717, 1.165) is 36.3 Å². The molecule has 0 aliphatic heterocycles. The van der Waals surface area contributed by atoms with Gasteiger partial charge in [0.25, 0.3) is 0 Å². The first-order valence-electron chi connectivity index (χ1n) is 21.4. The van der Waals surface area contributed by atoms with E-state index >= 15 is 0 Å². The summed E-state index contributed by atoms with van der Waals surface area (Å²) in [5, 5.41) is 7.82. The zero-order chi connectivity index (χ0) is 39.8. The van der Waals surface area contributed by atoms with Gasteiger partial charge in [0.1, 0.15) is 0 Å². The summed E-state index contributed by atoms with van der Waals surface area (Å²) in [6, 6.07) is 64.9. The maximum Gasteiger partial charge on any atom is 0.0559 e. The van der Waals surface area contributed by atoms with Crippen molar-refractivity contribution in [3.8, 4) is 0 Å². The molecule has 2 nitrogen and oxygen atoms in total. The zero-order valence-corrected chi connectivity index (χ0v) is 33.6. The molecule has 0 heterocycles. The minimum absolute atomic E-state index is 0.166. The van der Waals surface area contributed by atoms with Crippen LogP contribution in [0.1, 0.15) is 24.8 Å². The highest BCUT2D eigenvalue weighted by Gasteiger charge is 2.35. The Kier molecular flexibility index (Phi) is 9.32. The first-order chi connectivity index (χ1) is 29.8. The van der Waals surface area contributed by atoms with Gasteiger partial charge in [-0.25, -0.2) is 0 Å². The first-order valence-corrected chi connectivity index (χ1v) is 21.4. The van der Waals surface area contributed by atoms with Crippen LogP contribution < -0.4 is 30.7 Å². The SMILES string of the molecule is C1=CCC(N(C2=CCC3C(=C2)C(C2C=c4ccccc4=CC2)=c2ccc(N(c4ccccc4)c4ccccc4)cc2=C3c2ccc3ccccc3c2)c2ccccc2)C=C1. The summed E-state index contributed by atoms with van der Waals surface area (Å²) in [4.78, 5) is 4.97. The zero-order valence-electron chi connectivity index (χ0n) is 33.6. The van der Waals surface area contributed by atoms with Gasteiger partial charge >= 0.3 is 0 Å². The van der Waals surface area contributed by atoms with Crippen molar-refractivity contribution < 1.29 is 0 Å². The van der Waals surface area contributed by atoms with E-state index in [1.54, 1.807) is 0 Å². The first kappa shape index (κ1) is 36.0. The molecule has 4 aliphatic rings. The quantitative estimate of drug-likeness (QED) is 0.152. The molecule has 0 saturated heterocycles. The van der Waals surface area contributed by atoms with E-state index in [1.807, 2.05) is 0 Å². The fourth-order valence-electron chi connectivity index (χ4n) is 10.1. The number of para-hydroxylation sites is 3. The van der Waals surface area contributed by atoms with Crippen molar-refractivity contribution in [1.82, 2.24) is 0 Å². The number of allylic oxidation sites excluding steroid dienone is 5. The highest BCUT2D eigenvalue weighted by Crippen LogP contribution is 2.45. The molecular formula is C58H46N2. The van der Waals surface area contributed by atoms with Gasteiger partial charge in [-0.15, -0.1) is 0 Å². The Hall–Kier alpha value is -7.16. The lowest BCUT2D eigenvalue weighted by molar-refractivity contribution is 0.722. The number of hydrogen-bond donors (Lipinski definition) is 0. The minimum Gasteiger partial charge on any atom is -0.335 e. The molecule has 0 spiro atoms. The molecule has 7 aromatic carbocycles. The van der Waals surface area contributed by atoms with Gasteiger partial charge in [0.15, 0.2) is 0 Å². The predicted molar refractivity (Wildman–Crippen MR) is 253 cm³/mol. The van der Waals surface area contributed by atoms with E-state index in [4.69, 9.17) is 0 Å². The smallest absolute Gasteiger partial charge is 0.0559 e. The third-order valence-corrected chi connectivity index (χ3v) is 12.8. The van der Waals surface area contributed by atoms with Crippen LogP contribution in [0.25, 0.3) is 34.1 Å². The molecule has 0 N–H and O–H groups in total. The van der Waals surface area contributed by atoms with E-state index in [0.29, 0.717) is 0 Å². The highest BCUT2D eigenvalue weighted by atomic mass is 15.2. The van der Waals surface area contributed by atoms with E-state index in [2.05, 4.69) is 234 Å². The second-order valence-electron chi connectivity index (χ2n) is 16.3. The monoisotopic (exact) mass is 770 g/mol. The summed E-state index contributed by atoms with van der Waals surface area (Å²) in [5.41, 5.74) is 11.5. The fourth-order valence-corrected chi connectivity index (χ4v) is 10.1. The normalized spacial score (nSPS) is 18.9. The Morgan fingerprint density at radius 3 is 1.88 bits per heavy atom. The van der Waals surface area contributed by atoms with Gasteiger partial charge < -0.3 is 9.80 Å². The number of anilines is 4. The average Bonchev–Trinajstić information content (AvgIpc) is 3.32. The van der Waals surface area contributed by atoms with Crippen molar-refractivity contribution >= 4 is 56.8 Å². The van der Waals surface area contributed by atoms with Gasteiger partial charge in [0.2, 0.25) is 0 Å². The van der Waals surface area contributed by atoms with Crippen LogP contribution in [-0.4, -0.2) is 6.04 Å². The summed E-state index contributed by atoms with van der Waals surface area (Å²) < 4.78 is 0. The summed E-state index contributed by atoms with van der Waals surface area (Å²) in [6.07, 6.45) is 22.0. The van der Waals surface area contributed by atoms with Crippen molar-refractivity contribution in [3.05, 3.63) is 250 Å². The number of rotatable bonds is 8. The Balaban J connectivity index is 1.20. The Morgan fingerprint density at radius 2 is 1.15 bits per heavy atom. The summed E-state index contributed by atoms with van der Waals surface area (Å²) >= 11 is 0. The van der Waals surface area contributed by atoms with Crippen LogP contribution in [0, 0.1) is 11.8 Å². The van der Waals surface area contributed by atoms with Gasteiger partial charge in [0, 0.05) is 40.3 Å². The largest absolute Gasteiger partial charge is 0.335 e. The molecule has 11 rings (SSSR count). The van der Waals surface area contributed by atoms with Crippen LogP contribution in [-0.2, 0) is 0 Å². The molecular weight excluding hydrogens is 725 g/mol. The van der Waals surface area contributed by atoms with Gasteiger partial charge in [-0.1, -0.05) is 164 Å². The molecule has 0 bridgehead atoms. The number of nitrogens with zero attached hydrogens (tertiary/aromatic N) is 2. The molecule has 0 amide bonds. The number of hydrogen-bond acceptors (Lipinski definition) is 2. The Bertz CT molecular complexity index is 3100. The fraction of sp³-hybridized carbons (Fsp3) is 0.103. The number of fused-ring (bicyclic) bond motifs is 4.